The Morgan fingerprint density at radius 2 is 1.36 bits per heavy atom. The van der Waals surface area contributed by atoms with Crippen molar-refractivity contribution in [2.24, 2.45) is 0 Å². The smallest absolute Gasteiger partial charge is 0.297 e. The SMILES string of the molecule is Cc1ccccc1N(Cc1ccccc1)C(=O)N(C)c1ccccc1. The number of amides is 2. The predicted octanol–water partition coefficient (Wildman–Crippen LogP) is 5.26. The van der Waals surface area contributed by atoms with E-state index in [0.717, 1.165) is 22.5 Å². The lowest BCUT2D eigenvalue weighted by molar-refractivity contribution is 0.252. The molecule has 25 heavy (non-hydrogen) atoms. The number of carbonyl (C=O) groups excluding carboxylic acids is 1. The summed E-state index contributed by atoms with van der Waals surface area (Å²) in [5.41, 5.74) is 3.98. The Hall–Kier alpha value is -3.07. The van der Waals surface area contributed by atoms with Crippen molar-refractivity contribution in [3.8, 4) is 0 Å². The van der Waals surface area contributed by atoms with E-state index in [9.17, 15) is 4.79 Å². The molecule has 2 amide bonds. The first-order valence-electron chi connectivity index (χ1n) is 8.36. The molecule has 3 heteroatoms. The van der Waals surface area contributed by atoms with Gasteiger partial charge in [0.2, 0.25) is 0 Å². The first kappa shape index (κ1) is 16.8. The van der Waals surface area contributed by atoms with Gasteiger partial charge in [0, 0.05) is 18.4 Å². The Morgan fingerprint density at radius 1 is 0.800 bits per heavy atom. The van der Waals surface area contributed by atoms with Crippen molar-refractivity contribution < 1.29 is 4.79 Å². The normalized spacial score (nSPS) is 10.3. The molecule has 0 saturated carbocycles. The van der Waals surface area contributed by atoms with Gasteiger partial charge in [0.1, 0.15) is 0 Å². The highest BCUT2D eigenvalue weighted by Crippen LogP contribution is 2.24. The Labute approximate surface area is 149 Å². The highest BCUT2D eigenvalue weighted by molar-refractivity contribution is 6.03. The number of carbonyl (C=O) groups is 1. The maximum atomic E-state index is 13.3. The highest BCUT2D eigenvalue weighted by atomic mass is 16.2. The van der Waals surface area contributed by atoms with Crippen molar-refractivity contribution in [2.45, 2.75) is 13.5 Å². The lowest BCUT2D eigenvalue weighted by Gasteiger charge is -2.29. The van der Waals surface area contributed by atoms with Crippen molar-refractivity contribution in [3.63, 3.8) is 0 Å². The third-order valence-electron chi connectivity index (χ3n) is 4.25. The molecule has 0 aromatic heterocycles. The van der Waals surface area contributed by atoms with Crippen molar-refractivity contribution in [2.75, 3.05) is 16.8 Å². The van der Waals surface area contributed by atoms with E-state index in [1.54, 1.807) is 4.90 Å². The predicted molar refractivity (Wildman–Crippen MR) is 104 cm³/mol. The van der Waals surface area contributed by atoms with Gasteiger partial charge in [-0.3, -0.25) is 9.80 Å². The Bertz CT molecular complexity index is 831. The summed E-state index contributed by atoms with van der Waals surface area (Å²) in [6.45, 7) is 2.56. The Morgan fingerprint density at radius 3 is 2.00 bits per heavy atom. The summed E-state index contributed by atoms with van der Waals surface area (Å²) in [5, 5.41) is 0. The largest absolute Gasteiger partial charge is 0.329 e. The zero-order valence-electron chi connectivity index (χ0n) is 14.6. The topological polar surface area (TPSA) is 23.6 Å². The van der Waals surface area contributed by atoms with Crippen LogP contribution in [-0.2, 0) is 6.54 Å². The van der Waals surface area contributed by atoms with E-state index in [-0.39, 0.29) is 6.03 Å². The maximum Gasteiger partial charge on any atom is 0.329 e. The monoisotopic (exact) mass is 330 g/mol. The fourth-order valence-corrected chi connectivity index (χ4v) is 2.83. The minimum Gasteiger partial charge on any atom is -0.297 e. The molecule has 3 aromatic rings. The molecule has 0 aliphatic rings. The molecule has 3 rings (SSSR count). The first-order chi connectivity index (χ1) is 12.2. The standard InChI is InChI=1S/C22H22N2O/c1-18-11-9-10-16-21(18)24(17-19-12-5-3-6-13-19)22(25)23(2)20-14-7-4-8-15-20/h3-16H,17H2,1-2H3. The van der Waals surface area contributed by atoms with E-state index in [1.165, 1.54) is 0 Å². The fraction of sp³-hybridized carbons (Fsp3) is 0.136. The van der Waals surface area contributed by atoms with Gasteiger partial charge in [-0.1, -0.05) is 66.7 Å². The summed E-state index contributed by atoms with van der Waals surface area (Å²) in [6, 6.07) is 27.7. The second-order valence-electron chi connectivity index (χ2n) is 6.04. The van der Waals surface area contributed by atoms with E-state index >= 15 is 0 Å². The molecule has 0 aliphatic carbocycles. The number of hydrogen-bond acceptors (Lipinski definition) is 1. The van der Waals surface area contributed by atoms with Crippen LogP contribution in [0.2, 0.25) is 0 Å². The van der Waals surface area contributed by atoms with Crippen LogP contribution in [0, 0.1) is 6.92 Å². The number of nitrogens with zero attached hydrogens (tertiary/aromatic N) is 2. The molecule has 0 N–H and O–H groups in total. The van der Waals surface area contributed by atoms with Crippen LogP contribution in [-0.4, -0.2) is 13.1 Å². The van der Waals surface area contributed by atoms with Gasteiger partial charge in [-0.15, -0.1) is 0 Å². The van der Waals surface area contributed by atoms with E-state index < -0.39 is 0 Å². The van der Waals surface area contributed by atoms with Gasteiger partial charge < -0.3 is 0 Å². The second-order valence-corrected chi connectivity index (χ2v) is 6.04. The molecule has 0 saturated heterocycles. The third kappa shape index (κ3) is 3.89. The first-order valence-corrected chi connectivity index (χ1v) is 8.36. The lowest BCUT2D eigenvalue weighted by atomic mass is 10.1. The lowest BCUT2D eigenvalue weighted by Crippen LogP contribution is -2.41. The Kier molecular flexibility index (Phi) is 5.14. The highest BCUT2D eigenvalue weighted by Gasteiger charge is 2.22. The zero-order chi connectivity index (χ0) is 17.6. The van der Waals surface area contributed by atoms with Crippen molar-refractivity contribution in [1.29, 1.82) is 0 Å². The molecule has 0 spiro atoms. The van der Waals surface area contributed by atoms with Crippen LogP contribution in [0.1, 0.15) is 11.1 Å². The summed E-state index contributed by atoms with van der Waals surface area (Å²) in [4.78, 5) is 16.8. The van der Waals surface area contributed by atoms with Gasteiger partial charge in [-0.05, 0) is 36.2 Å². The van der Waals surface area contributed by atoms with Crippen LogP contribution >= 0.6 is 0 Å². The molecular weight excluding hydrogens is 308 g/mol. The van der Waals surface area contributed by atoms with Gasteiger partial charge in [0.05, 0.1) is 6.54 Å². The molecular formula is C22H22N2O. The van der Waals surface area contributed by atoms with E-state index in [2.05, 4.69) is 0 Å². The molecule has 0 unspecified atom stereocenters. The van der Waals surface area contributed by atoms with Crippen molar-refractivity contribution in [1.82, 2.24) is 0 Å². The van der Waals surface area contributed by atoms with Crippen molar-refractivity contribution in [3.05, 3.63) is 96.1 Å². The molecule has 0 aliphatic heterocycles. The summed E-state index contributed by atoms with van der Waals surface area (Å²) < 4.78 is 0. The number of anilines is 2. The molecule has 0 radical (unpaired) electrons. The molecule has 0 bridgehead atoms. The van der Waals surface area contributed by atoms with E-state index in [0.29, 0.717) is 6.54 Å². The van der Waals surface area contributed by atoms with E-state index in [4.69, 9.17) is 0 Å². The maximum absolute atomic E-state index is 13.3. The summed E-state index contributed by atoms with van der Waals surface area (Å²) in [7, 11) is 1.81. The summed E-state index contributed by atoms with van der Waals surface area (Å²) in [5.74, 6) is 0. The molecule has 3 nitrogen and oxygen atoms in total. The summed E-state index contributed by atoms with van der Waals surface area (Å²) >= 11 is 0. The Balaban J connectivity index is 1.96. The number of rotatable bonds is 4. The number of benzene rings is 3. The van der Waals surface area contributed by atoms with Crippen LogP contribution in [0.5, 0.6) is 0 Å². The zero-order valence-corrected chi connectivity index (χ0v) is 14.6. The molecule has 3 aromatic carbocycles. The third-order valence-corrected chi connectivity index (χ3v) is 4.25. The van der Waals surface area contributed by atoms with Gasteiger partial charge in [0.15, 0.2) is 0 Å². The number of para-hydroxylation sites is 2. The van der Waals surface area contributed by atoms with E-state index in [1.807, 2.05) is 104 Å². The minimum atomic E-state index is -0.0515. The van der Waals surface area contributed by atoms with Crippen LogP contribution in [0.4, 0.5) is 16.2 Å². The number of urea groups is 1. The number of aryl methyl sites for hydroxylation is 1. The van der Waals surface area contributed by atoms with Gasteiger partial charge in [0.25, 0.3) is 0 Å². The quantitative estimate of drug-likeness (QED) is 0.640. The molecule has 126 valence electrons. The molecule has 0 fully saturated rings. The number of hydrogen-bond donors (Lipinski definition) is 0. The van der Waals surface area contributed by atoms with Gasteiger partial charge in [-0.25, -0.2) is 4.79 Å². The van der Waals surface area contributed by atoms with Crippen LogP contribution in [0.3, 0.4) is 0 Å². The molecule has 0 heterocycles. The second kappa shape index (κ2) is 7.67. The van der Waals surface area contributed by atoms with Crippen LogP contribution in [0.25, 0.3) is 0 Å². The van der Waals surface area contributed by atoms with Gasteiger partial charge in [-0.2, -0.15) is 0 Å². The molecule has 0 atom stereocenters. The average Bonchev–Trinajstić information content (AvgIpc) is 2.67. The summed E-state index contributed by atoms with van der Waals surface area (Å²) in [6.07, 6.45) is 0. The minimum absolute atomic E-state index is 0.0515. The fourth-order valence-electron chi connectivity index (χ4n) is 2.83. The van der Waals surface area contributed by atoms with Crippen LogP contribution < -0.4 is 9.80 Å². The van der Waals surface area contributed by atoms with Crippen LogP contribution in [0.15, 0.2) is 84.9 Å². The van der Waals surface area contributed by atoms with Gasteiger partial charge >= 0.3 is 6.03 Å². The van der Waals surface area contributed by atoms with Crippen molar-refractivity contribution >= 4 is 17.4 Å². The average molecular weight is 330 g/mol.